The fraction of sp³-hybridized carbons (Fsp3) is 0.750. The lowest BCUT2D eigenvalue weighted by Crippen LogP contribution is -2.48. The number of urea groups is 1. The molecule has 8 nitrogen and oxygen atoms in total. The first-order valence-electron chi connectivity index (χ1n) is 6.47. The molecule has 2 atom stereocenters. The molecule has 0 aromatic carbocycles. The summed E-state index contributed by atoms with van der Waals surface area (Å²) in [6.07, 6.45) is 0.423. The Morgan fingerprint density at radius 1 is 1.35 bits per heavy atom. The van der Waals surface area contributed by atoms with Gasteiger partial charge in [-0.3, -0.25) is 4.79 Å². The molecule has 2 unspecified atom stereocenters. The number of rotatable bonds is 6. The zero-order chi connectivity index (χ0) is 15.3. The van der Waals surface area contributed by atoms with Crippen LogP contribution < -0.4 is 5.32 Å². The predicted octanol–water partition coefficient (Wildman–Crippen LogP) is -0.350. The van der Waals surface area contributed by atoms with Gasteiger partial charge in [-0.2, -0.15) is 0 Å². The Hall–Kier alpha value is -1.83. The lowest BCUT2D eigenvalue weighted by atomic mass is 10.1. The molecule has 114 valence electrons. The Labute approximate surface area is 117 Å². The van der Waals surface area contributed by atoms with Gasteiger partial charge in [0.15, 0.2) is 0 Å². The second-order valence-corrected chi connectivity index (χ2v) is 5.12. The average molecular weight is 287 g/mol. The molecule has 20 heavy (non-hydrogen) atoms. The van der Waals surface area contributed by atoms with E-state index in [-0.39, 0.29) is 18.9 Å². The van der Waals surface area contributed by atoms with Gasteiger partial charge in [0, 0.05) is 25.6 Å². The summed E-state index contributed by atoms with van der Waals surface area (Å²) in [6, 6.07) is -1.35. The molecule has 0 aliphatic carbocycles. The molecule has 1 aliphatic heterocycles. The first-order valence-corrected chi connectivity index (χ1v) is 6.47. The molecule has 3 N–H and O–H groups in total. The van der Waals surface area contributed by atoms with Crippen LogP contribution in [0.25, 0.3) is 0 Å². The quantitative estimate of drug-likeness (QED) is 0.616. The largest absolute Gasteiger partial charge is 0.481 e. The standard InChI is InChI=1S/C12H21N3O5/c1-14(2)8-5-6-15(7-8)12(20)13-9(11(18)19)3-4-10(16)17/h8-9H,3-7H2,1-2H3,(H,13,20)(H,16,17)(H,18,19). The summed E-state index contributed by atoms with van der Waals surface area (Å²) < 4.78 is 0. The number of likely N-dealkylation sites (tertiary alicyclic amines) is 1. The van der Waals surface area contributed by atoms with E-state index in [0.29, 0.717) is 13.1 Å². The van der Waals surface area contributed by atoms with Crippen molar-refractivity contribution < 1.29 is 24.6 Å². The van der Waals surface area contributed by atoms with E-state index in [1.54, 1.807) is 4.90 Å². The molecule has 1 rings (SSSR count). The highest BCUT2D eigenvalue weighted by atomic mass is 16.4. The van der Waals surface area contributed by atoms with E-state index in [2.05, 4.69) is 5.32 Å². The topological polar surface area (TPSA) is 110 Å². The van der Waals surface area contributed by atoms with Gasteiger partial charge in [-0.25, -0.2) is 9.59 Å². The Kier molecular flexibility index (Phi) is 5.75. The van der Waals surface area contributed by atoms with Crippen LogP contribution in [0.3, 0.4) is 0 Å². The van der Waals surface area contributed by atoms with Crippen molar-refractivity contribution >= 4 is 18.0 Å². The molecule has 2 amide bonds. The Balaban J connectivity index is 2.50. The van der Waals surface area contributed by atoms with E-state index in [1.165, 1.54) is 0 Å². The van der Waals surface area contributed by atoms with Crippen molar-refractivity contribution in [3.05, 3.63) is 0 Å². The van der Waals surface area contributed by atoms with Crippen molar-refractivity contribution in [1.29, 1.82) is 0 Å². The maximum Gasteiger partial charge on any atom is 0.326 e. The van der Waals surface area contributed by atoms with Crippen molar-refractivity contribution in [2.75, 3.05) is 27.2 Å². The van der Waals surface area contributed by atoms with Gasteiger partial charge in [-0.1, -0.05) is 0 Å². The number of carboxylic acids is 2. The number of nitrogens with one attached hydrogen (secondary N) is 1. The molecule has 0 aromatic rings. The summed E-state index contributed by atoms with van der Waals surface area (Å²) >= 11 is 0. The van der Waals surface area contributed by atoms with E-state index in [1.807, 2.05) is 19.0 Å². The Morgan fingerprint density at radius 3 is 2.45 bits per heavy atom. The van der Waals surface area contributed by atoms with Gasteiger partial charge in [0.25, 0.3) is 0 Å². The number of hydrogen-bond acceptors (Lipinski definition) is 4. The minimum absolute atomic E-state index is 0.124. The van der Waals surface area contributed by atoms with Crippen LogP contribution in [-0.4, -0.2) is 77.3 Å². The fourth-order valence-corrected chi connectivity index (χ4v) is 2.11. The van der Waals surface area contributed by atoms with Crippen molar-refractivity contribution in [3.63, 3.8) is 0 Å². The monoisotopic (exact) mass is 287 g/mol. The number of nitrogens with zero attached hydrogens (tertiary/aromatic N) is 2. The van der Waals surface area contributed by atoms with Crippen LogP contribution in [0.15, 0.2) is 0 Å². The molecule has 0 radical (unpaired) electrons. The lowest BCUT2D eigenvalue weighted by molar-refractivity contribution is -0.140. The van der Waals surface area contributed by atoms with Crippen LogP contribution in [0.1, 0.15) is 19.3 Å². The molecule has 1 heterocycles. The van der Waals surface area contributed by atoms with Crippen LogP contribution in [0.2, 0.25) is 0 Å². The van der Waals surface area contributed by atoms with Crippen molar-refractivity contribution in [2.45, 2.75) is 31.3 Å². The molecule has 8 heteroatoms. The van der Waals surface area contributed by atoms with Gasteiger partial charge in [-0.15, -0.1) is 0 Å². The van der Waals surface area contributed by atoms with Crippen LogP contribution in [-0.2, 0) is 9.59 Å². The summed E-state index contributed by atoms with van der Waals surface area (Å²) in [5.74, 6) is -2.30. The van der Waals surface area contributed by atoms with E-state index >= 15 is 0 Å². The second kappa shape index (κ2) is 7.09. The van der Waals surface area contributed by atoms with Gasteiger partial charge in [0.1, 0.15) is 6.04 Å². The highest BCUT2D eigenvalue weighted by Crippen LogP contribution is 2.13. The van der Waals surface area contributed by atoms with E-state index in [9.17, 15) is 14.4 Å². The summed E-state index contributed by atoms with van der Waals surface area (Å²) in [5, 5.41) is 19.9. The van der Waals surface area contributed by atoms with E-state index in [4.69, 9.17) is 10.2 Å². The number of aliphatic carboxylic acids is 2. The molecule has 0 bridgehead atoms. The molecule has 1 fully saturated rings. The third-order valence-corrected chi connectivity index (χ3v) is 3.42. The number of carbonyl (C=O) groups excluding carboxylic acids is 1. The molecule has 1 aliphatic rings. The maximum absolute atomic E-state index is 12.0. The number of likely N-dealkylation sites (N-methyl/N-ethyl adjacent to an activating group) is 1. The predicted molar refractivity (Wildman–Crippen MR) is 70.5 cm³/mol. The number of carbonyl (C=O) groups is 3. The number of carboxylic acid groups (broad SMARTS) is 2. The molecule has 1 saturated heterocycles. The van der Waals surface area contributed by atoms with E-state index < -0.39 is 24.0 Å². The zero-order valence-electron chi connectivity index (χ0n) is 11.7. The van der Waals surface area contributed by atoms with Crippen LogP contribution >= 0.6 is 0 Å². The Morgan fingerprint density at radius 2 is 2.00 bits per heavy atom. The molecule has 0 aromatic heterocycles. The van der Waals surface area contributed by atoms with Crippen molar-refractivity contribution in [3.8, 4) is 0 Å². The molecular weight excluding hydrogens is 266 g/mol. The summed E-state index contributed by atoms with van der Waals surface area (Å²) in [7, 11) is 3.86. The molecule has 0 saturated carbocycles. The van der Waals surface area contributed by atoms with Gasteiger partial charge in [0.05, 0.1) is 0 Å². The average Bonchev–Trinajstić information content (AvgIpc) is 2.83. The first kappa shape index (κ1) is 16.2. The maximum atomic E-state index is 12.0. The SMILES string of the molecule is CN(C)C1CCN(C(=O)NC(CCC(=O)O)C(=O)O)C1. The number of hydrogen-bond donors (Lipinski definition) is 3. The fourth-order valence-electron chi connectivity index (χ4n) is 2.11. The van der Waals surface area contributed by atoms with Crippen LogP contribution in [0, 0.1) is 0 Å². The Bertz CT molecular complexity index is 385. The summed E-state index contributed by atoms with van der Waals surface area (Å²) in [6.45, 7) is 1.12. The van der Waals surface area contributed by atoms with Crippen molar-refractivity contribution in [1.82, 2.24) is 15.1 Å². The highest BCUT2D eigenvalue weighted by Gasteiger charge is 2.30. The van der Waals surface area contributed by atoms with Gasteiger partial charge in [-0.05, 0) is 26.9 Å². The lowest BCUT2D eigenvalue weighted by Gasteiger charge is -2.22. The number of amides is 2. The van der Waals surface area contributed by atoms with Crippen LogP contribution in [0.5, 0.6) is 0 Å². The second-order valence-electron chi connectivity index (χ2n) is 5.12. The highest BCUT2D eigenvalue weighted by molar-refractivity contribution is 5.83. The third-order valence-electron chi connectivity index (χ3n) is 3.42. The van der Waals surface area contributed by atoms with Crippen LogP contribution in [0.4, 0.5) is 4.79 Å². The normalized spacial score (nSPS) is 19.9. The summed E-state index contributed by atoms with van der Waals surface area (Å²) in [5.41, 5.74) is 0. The van der Waals surface area contributed by atoms with Gasteiger partial charge in [0.2, 0.25) is 0 Å². The first-order chi connectivity index (χ1) is 9.31. The minimum Gasteiger partial charge on any atom is -0.481 e. The van der Waals surface area contributed by atoms with Gasteiger partial charge < -0.3 is 25.3 Å². The smallest absolute Gasteiger partial charge is 0.326 e. The summed E-state index contributed by atoms with van der Waals surface area (Å²) in [4.78, 5) is 37.0. The molecular formula is C12H21N3O5. The van der Waals surface area contributed by atoms with E-state index in [0.717, 1.165) is 6.42 Å². The minimum atomic E-state index is -1.22. The zero-order valence-corrected chi connectivity index (χ0v) is 11.7. The van der Waals surface area contributed by atoms with Crippen molar-refractivity contribution in [2.24, 2.45) is 0 Å². The third kappa shape index (κ3) is 4.69. The van der Waals surface area contributed by atoms with Gasteiger partial charge >= 0.3 is 18.0 Å². The molecule has 0 spiro atoms.